The second-order valence-electron chi connectivity index (χ2n) is 3.02. The van der Waals surface area contributed by atoms with Gasteiger partial charge in [-0.05, 0) is 12.1 Å². The standard InChI is InChI=1S/C10H12ClNO4/c1-15-6-4-3-5(8(12)10(13)14)9(16-2)7(6)11/h3-4,8H,12H2,1-2H3,(H,13,14). The van der Waals surface area contributed by atoms with Gasteiger partial charge in [0.2, 0.25) is 0 Å². The van der Waals surface area contributed by atoms with Crippen LogP contribution in [0.25, 0.3) is 0 Å². The molecule has 0 spiro atoms. The van der Waals surface area contributed by atoms with Crippen molar-refractivity contribution in [3.05, 3.63) is 22.7 Å². The molecule has 0 saturated heterocycles. The van der Waals surface area contributed by atoms with Crippen LogP contribution < -0.4 is 15.2 Å². The summed E-state index contributed by atoms with van der Waals surface area (Å²) < 4.78 is 10.0. The van der Waals surface area contributed by atoms with Crippen LogP contribution in [-0.4, -0.2) is 25.3 Å². The fourth-order valence-corrected chi connectivity index (χ4v) is 1.62. The van der Waals surface area contributed by atoms with E-state index in [-0.39, 0.29) is 10.8 Å². The van der Waals surface area contributed by atoms with E-state index in [1.807, 2.05) is 0 Å². The number of hydrogen-bond acceptors (Lipinski definition) is 4. The van der Waals surface area contributed by atoms with Crippen molar-refractivity contribution in [2.24, 2.45) is 5.73 Å². The molecule has 88 valence electrons. The first-order chi connectivity index (χ1) is 7.52. The van der Waals surface area contributed by atoms with Crippen LogP contribution in [0.1, 0.15) is 11.6 Å². The Hall–Kier alpha value is -1.46. The molecule has 1 rings (SSSR count). The smallest absolute Gasteiger partial charge is 0.325 e. The molecule has 0 heterocycles. The van der Waals surface area contributed by atoms with Gasteiger partial charge in [-0.15, -0.1) is 0 Å². The van der Waals surface area contributed by atoms with Gasteiger partial charge in [0, 0.05) is 5.56 Å². The predicted molar refractivity (Wildman–Crippen MR) is 59.1 cm³/mol. The van der Waals surface area contributed by atoms with E-state index in [2.05, 4.69) is 0 Å². The van der Waals surface area contributed by atoms with Gasteiger partial charge in [-0.2, -0.15) is 0 Å². The van der Waals surface area contributed by atoms with Crippen LogP contribution in [0.15, 0.2) is 12.1 Å². The molecule has 0 aliphatic rings. The van der Waals surface area contributed by atoms with Crippen molar-refractivity contribution in [3.63, 3.8) is 0 Å². The molecular weight excluding hydrogens is 234 g/mol. The quantitative estimate of drug-likeness (QED) is 0.839. The molecule has 0 aliphatic carbocycles. The second-order valence-corrected chi connectivity index (χ2v) is 3.40. The highest BCUT2D eigenvalue weighted by Gasteiger charge is 2.22. The van der Waals surface area contributed by atoms with Crippen molar-refractivity contribution in [2.45, 2.75) is 6.04 Å². The summed E-state index contributed by atoms with van der Waals surface area (Å²) in [5, 5.41) is 9.03. The molecule has 5 nitrogen and oxygen atoms in total. The van der Waals surface area contributed by atoms with E-state index in [1.165, 1.54) is 20.3 Å². The van der Waals surface area contributed by atoms with Crippen molar-refractivity contribution in [1.82, 2.24) is 0 Å². The maximum atomic E-state index is 10.8. The van der Waals surface area contributed by atoms with E-state index < -0.39 is 12.0 Å². The second kappa shape index (κ2) is 5.05. The zero-order valence-electron chi connectivity index (χ0n) is 8.86. The summed E-state index contributed by atoms with van der Waals surface area (Å²) in [6, 6.07) is 1.88. The summed E-state index contributed by atoms with van der Waals surface area (Å²) in [7, 11) is 2.84. The van der Waals surface area contributed by atoms with Gasteiger partial charge in [0.05, 0.1) is 14.2 Å². The Morgan fingerprint density at radius 3 is 2.50 bits per heavy atom. The number of nitrogens with two attached hydrogens (primary N) is 1. The van der Waals surface area contributed by atoms with Gasteiger partial charge in [0.15, 0.2) is 0 Å². The van der Waals surface area contributed by atoms with Gasteiger partial charge in [0.25, 0.3) is 0 Å². The topological polar surface area (TPSA) is 81.8 Å². The lowest BCUT2D eigenvalue weighted by Gasteiger charge is -2.15. The van der Waals surface area contributed by atoms with E-state index in [0.29, 0.717) is 11.3 Å². The summed E-state index contributed by atoms with van der Waals surface area (Å²) in [6.07, 6.45) is 0. The highest BCUT2D eigenvalue weighted by molar-refractivity contribution is 6.33. The van der Waals surface area contributed by atoms with Crippen LogP contribution in [0.5, 0.6) is 11.5 Å². The third kappa shape index (κ3) is 2.20. The molecule has 0 saturated carbocycles. The Balaban J connectivity index is 3.31. The fourth-order valence-electron chi connectivity index (χ4n) is 1.30. The fraction of sp³-hybridized carbons (Fsp3) is 0.300. The number of hydrogen-bond donors (Lipinski definition) is 2. The zero-order valence-corrected chi connectivity index (χ0v) is 9.62. The Bertz CT molecular complexity index is 408. The van der Waals surface area contributed by atoms with Gasteiger partial charge in [-0.25, -0.2) is 0 Å². The van der Waals surface area contributed by atoms with Crippen molar-refractivity contribution in [3.8, 4) is 11.5 Å². The largest absolute Gasteiger partial charge is 0.495 e. The Morgan fingerprint density at radius 2 is 2.06 bits per heavy atom. The molecule has 0 radical (unpaired) electrons. The minimum absolute atomic E-state index is 0.208. The van der Waals surface area contributed by atoms with Crippen LogP contribution in [0, 0.1) is 0 Å². The minimum Gasteiger partial charge on any atom is -0.495 e. The first-order valence-electron chi connectivity index (χ1n) is 4.41. The Labute approximate surface area is 97.7 Å². The molecule has 1 atom stereocenters. The molecule has 1 unspecified atom stereocenters. The molecule has 0 amide bonds. The third-order valence-corrected chi connectivity index (χ3v) is 2.48. The maximum absolute atomic E-state index is 10.8. The van der Waals surface area contributed by atoms with Crippen LogP contribution in [0.3, 0.4) is 0 Å². The van der Waals surface area contributed by atoms with E-state index in [9.17, 15) is 4.79 Å². The van der Waals surface area contributed by atoms with Gasteiger partial charge >= 0.3 is 5.97 Å². The number of rotatable bonds is 4. The summed E-state index contributed by atoms with van der Waals surface area (Å²) >= 11 is 5.96. The average molecular weight is 246 g/mol. The van der Waals surface area contributed by atoms with Gasteiger partial charge in [0.1, 0.15) is 22.6 Å². The van der Waals surface area contributed by atoms with E-state index in [1.54, 1.807) is 6.07 Å². The number of carboxylic acids is 1. The lowest BCUT2D eigenvalue weighted by molar-refractivity contribution is -0.138. The lowest BCUT2D eigenvalue weighted by Crippen LogP contribution is -2.21. The Morgan fingerprint density at radius 1 is 1.44 bits per heavy atom. The maximum Gasteiger partial charge on any atom is 0.325 e. The van der Waals surface area contributed by atoms with Gasteiger partial charge in [-0.3, -0.25) is 4.79 Å². The molecule has 0 bridgehead atoms. The molecule has 1 aromatic carbocycles. The molecule has 6 heteroatoms. The lowest BCUT2D eigenvalue weighted by atomic mass is 10.1. The van der Waals surface area contributed by atoms with Gasteiger partial charge < -0.3 is 20.3 Å². The van der Waals surface area contributed by atoms with Crippen LogP contribution >= 0.6 is 11.6 Å². The van der Waals surface area contributed by atoms with Crippen molar-refractivity contribution in [1.29, 1.82) is 0 Å². The number of carboxylic acid groups (broad SMARTS) is 1. The first kappa shape index (κ1) is 12.6. The number of methoxy groups -OCH3 is 2. The van der Waals surface area contributed by atoms with Crippen LogP contribution in [-0.2, 0) is 4.79 Å². The summed E-state index contributed by atoms with van der Waals surface area (Å²) in [4.78, 5) is 10.8. The number of carbonyl (C=O) groups is 1. The number of halogens is 1. The highest BCUT2D eigenvalue weighted by Crippen LogP contribution is 2.38. The predicted octanol–water partition coefficient (Wildman–Crippen LogP) is 1.44. The van der Waals surface area contributed by atoms with Crippen molar-refractivity contribution in [2.75, 3.05) is 14.2 Å². The van der Waals surface area contributed by atoms with Crippen molar-refractivity contribution >= 4 is 17.6 Å². The first-order valence-corrected chi connectivity index (χ1v) is 4.79. The Kier molecular flexibility index (Phi) is 3.98. The van der Waals surface area contributed by atoms with Crippen molar-refractivity contribution < 1.29 is 19.4 Å². The number of benzene rings is 1. The summed E-state index contributed by atoms with van der Waals surface area (Å²) in [6.45, 7) is 0. The summed E-state index contributed by atoms with van der Waals surface area (Å²) in [5.74, 6) is -0.532. The molecule has 1 aromatic rings. The normalized spacial score (nSPS) is 12.0. The number of ether oxygens (including phenoxy) is 2. The molecule has 16 heavy (non-hydrogen) atoms. The molecule has 0 fully saturated rings. The van der Waals surface area contributed by atoms with Crippen LogP contribution in [0.4, 0.5) is 0 Å². The molecule has 0 aromatic heterocycles. The summed E-state index contributed by atoms with van der Waals surface area (Å²) in [5.41, 5.74) is 5.80. The molecule has 0 aliphatic heterocycles. The van der Waals surface area contributed by atoms with E-state index >= 15 is 0 Å². The zero-order chi connectivity index (χ0) is 12.3. The molecule has 3 N–H and O–H groups in total. The van der Waals surface area contributed by atoms with E-state index in [4.69, 9.17) is 31.9 Å². The molecular formula is C10H12ClNO4. The van der Waals surface area contributed by atoms with Gasteiger partial charge in [-0.1, -0.05) is 11.6 Å². The third-order valence-electron chi connectivity index (χ3n) is 2.12. The van der Waals surface area contributed by atoms with E-state index in [0.717, 1.165) is 0 Å². The minimum atomic E-state index is -1.18. The average Bonchev–Trinajstić information content (AvgIpc) is 2.27. The monoisotopic (exact) mass is 245 g/mol. The van der Waals surface area contributed by atoms with Crippen LogP contribution in [0.2, 0.25) is 5.02 Å². The SMILES string of the molecule is COc1ccc(C(N)C(=O)O)c(OC)c1Cl. The highest BCUT2D eigenvalue weighted by atomic mass is 35.5. The number of aliphatic carboxylic acids is 1.